The maximum atomic E-state index is 11.4. The number of amides is 1. The van der Waals surface area contributed by atoms with Crippen molar-refractivity contribution in [3.8, 4) is 0 Å². The second-order valence-corrected chi connectivity index (χ2v) is 4.87. The highest BCUT2D eigenvalue weighted by atomic mass is 16.5. The van der Waals surface area contributed by atoms with Crippen molar-refractivity contribution < 1.29 is 14.6 Å². The van der Waals surface area contributed by atoms with Gasteiger partial charge in [-0.15, -0.1) is 0 Å². The average molecular weight is 246 g/mol. The number of ether oxygens (including phenoxy) is 1. The van der Waals surface area contributed by atoms with E-state index in [1.54, 1.807) is 6.92 Å². The van der Waals surface area contributed by atoms with Crippen molar-refractivity contribution >= 4 is 5.91 Å². The molecule has 2 N–H and O–H groups in total. The van der Waals surface area contributed by atoms with Crippen molar-refractivity contribution in [1.29, 1.82) is 0 Å². The molecule has 1 amide bonds. The summed E-state index contributed by atoms with van der Waals surface area (Å²) in [5.74, 6) is -0.0832. The molecular weight excluding hydrogens is 220 g/mol. The minimum Gasteiger partial charge on any atom is -0.387 e. The third-order valence-corrected chi connectivity index (χ3v) is 2.15. The van der Waals surface area contributed by atoms with E-state index in [2.05, 4.69) is 5.32 Å². The third-order valence-electron chi connectivity index (χ3n) is 2.15. The second-order valence-electron chi connectivity index (χ2n) is 4.87. The van der Waals surface area contributed by atoms with E-state index in [0.29, 0.717) is 26.2 Å². The summed E-state index contributed by atoms with van der Waals surface area (Å²) in [7, 11) is 3.77. The molecule has 0 radical (unpaired) electrons. The van der Waals surface area contributed by atoms with Crippen LogP contribution in [0.15, 0.2) is 0 Å². The molecule has 0 aliphatic rings. The summed E-state index contributed by atoms with van der Waals surface area (Å²) in [5.41, 5.74) is -0.899. The van der Waals surface area contributed by atoms with Crippen LogP contribution in [0.3, 0.4) is 0 Å². The summed E-state index contributed by atoms with van der Waals surface area (Å²) in [6.07, 6.45) is 1.30. The monoisotopic (exact) mass is 246 g/mol. The van der Waals surface area contributed by atoms with Crippen molar-refractivity contribution in [3.05, 3.63) is 0 Å². The summed E-state index contributed by atoms with van der Waals surface area (Å²) in [6, 6.07) is 0. The fourth-order valence-electron chi connectivity index (χ4n) is 1.53. The first-order chi connectivity index (χ1) is 7.87. The van der Waals surface area contributed by atoms with Gasteiger partial charge in [-0.3, -0.25) is 4.79 Å². The van der Waals surface area contributed by atoms with Crippen LogP contribution in [-0.4, -0.2) is 61.9 Å². The Balaban J connectivity index is 3.68. The maximum absolute atomic E-state index is 11.4. The number of hydrogen-bond donors (Lipinski definition) is 2. The number of rotatable bonds is 9. The Morgan fingerprint density at radius 1 is 1.41 bits per heavy atom. The lowest BCUT2D eigenvalue weighted by Gasteiger charge is -2.27. The molecule has 0 aromatic heterocycles. The number of hydrogen-bond acceptors (Lipinski definition) is 4. The smallest absolute Gasteiger partial charge is 0.222 e. The minimum atomic E-state index is -0.899. The van der Waals surface area contributed by atoms with Gasteiger partial charge in [0, 0.05) is 26.1 Å². The highest BCUT2D eigenvalue weighted by Crippen LogP contribution is 2.02. The van der Waals surface area contributed by atoms with Crippen LogP contribution in [0.25, 0.3) is 0 Å². The fraction of sp³-hybridized carbons (Fsp3) is 0.917. The Hall–Kier alpha value is -0.650. The zero-order valence-corrected chi connectivity index (χ0v) is 11.5. The van der Waals surface area contributed by atoms with Gasteiger partial charge in [-0.2, -0.15) is 0 Å². The molecule has 0 aromatic carbocycles. The molecule has 0 bridgehead atoms. The summed E-state index contributed by atoms with van der Waals surface area (Å²) in [4.78, 5) is 13.3. The van der Waals surface area contributed by atoms with E-state index < -0.39 is 5.60 Å². The van der Waals surface area contributed by atoms with E-state index in [-0.39, 0.29) is 12.5 Å². The molecular formula is C12H26N2O3. The van der Waals surface area contributed by atoms with E-state index in [1.807, 2.05) is 25.9 Å². The van der Waals surface area contributed by atoms with Gasteiger partial charge < -0.3 is 20.1 Å². The van der Waals surface area contributed by atoms with Crippen LogP contribution in [0.1, 0.15) is 26.7 Å². The molecule has 1 unspecified atom stereocenters. The van der Waals surface area contributed by atoms with E-state index in [0.717, 1.165) is 6.42 Å². The van der Waals surface area contributed by atoms with Gasteiger partial charge in [-0.05, 0) is 27.4 Å². The largest absolute Gasteiger partial charge is 0.387 e. The van der Waals surface area contributed by atoms with Gasteiger partial charge in [-0.1, -0.05) is 6.92 Å². The molecule has 0 aliphatic heterocycles. The number of carbonyl (C=O) groups excluding carboxylic acids is 1. The third kappa shape index (κ3) is 10.2. The molecule has 1 atom stereocenters. The quantitative estimate of drug-likeness (QED) is 0.572. The molecule has 0 aliphatic carbocycles. The zero-order chi connectivity index (χ0) is 13.3. The van der Waals surface area contributed by atoms with E-state index in [1.165, 1.54) is 0 Å². The van der Waals surface area contributed by atoms with E-state index in [4.69, 9.17) is 4.74 Å². The van der Waals surface area contributed by atoms with Crippen molar-refractivity contribution in [2.45, 2.75) is 32.3 Å². The van der Waals surface area contributed by atoms with Crippen molar-refractivity contribution in [3.63, 3.8) is 0 Å². The molecule has 0 heterocycles. The number of nitrogens with zero attached hydrogens (tertiary/aromatic N) is 1. The molecule has 0 aromatic rings. The van der Waals surface area contributed by atoms with Gasteiger partial charge in [0.15, 0.2) is 0 Å². The fourth-order valence-corrected chi connectivity index (χ4v) is 1.53. The summed E-state index contributed by atoms with van der Waals surface area (Å²) >= 11 is 0. The Kier molecular flexibility index (Phi) is 8.12. The lowest BCUT2D eigenvalue weighted by molar-refractivity contribution is -0.123. The molecule has 0 fully saturated rings. The van der Waals surface area contributed by atoms with Crippen LogP contribution in [0.5, 0.6) is 0 Å². The lowest BCUT2D eigenvalue weighted by atomic mass is 10.1. The van der Waals surface area contributed by atoms with E-state index >= 15 is 0 Å². The highest BCUT2D eigenvalue weighted by molar-refractivity contribution is 5.76. The topological polar surface area (TPSA) is 61.8 Å². The molecule has 5 nitrogen and oxygen atoms in total. The minimum absolute atomic E-state index is 0.0832. The Morgan fingerprint density at radius 2 is 2.06 bits per heavy atom. The summed E-state index contributed by atoms with van der Waals surface area (Å²) in [5, 5.41) is 12.7. The van der Waals surface area contributed by atoms with Crippen molar-refractivity contribution in [2.75, 3.05) is 40.4 Å². The Bertz CT molecular complexity index is 218. The maximum Gasteiger partial charge on any atom is 0.222 e. The molecule has 5 heteroatoms. The van der Waals surface area contributed by atoms with Gasteiger partial charge >= 0.3 is 0 Å². The number of likely N-dealkylation sites (N-methyl/N-ethyl adjacent to an activating group) is 1. The predicted octanol–water partition coefficient (Wildman–Crippen LogP) is 0.232. The molecule has 0 saturated heterocycles. The SMILES string of the molecule is CCCOCCC(=O)NCC(C)(O)CN(C)C. The molecule has 0 saturated carbocycles. The summed E-state index contributed by atoms with van der Waals surface area (Å²) in [6.45, 7) is 5.64. The van der Waals surface area contributed by atoms with Crippen molar-refractivity contribution in [1.82, 2.24) is 10.2 Å². The average Bonchev–Trinajstić information content (AvgIpc) is 2.20. The lowest BCUT2D eigenvalue weighted by Crippen LogP contribution is -2.47. The molecule has 0 spiro atoms. The van der Waals surface area contributed by atoms with Crippen LogP contribution >= 0.6 is 0 Å². The predicted molar refractivity (Wildman–Crippen MR) is 67.9 cm³/mol. The molecule has 0 rings (SSSR count). The molecule has 102 valence electrons. The number of aliphatic hydroxyl groups is 1. The highest BCUT2D eigenvalue weighted by Gasteiger charge is 2.21. The Morgan fingerprint density at radius 3 is 2.59 bits per heavy atom. The van der Waals surface area contributed by atoms with Crippen LogP contribution in [0, 0.1) is 0 Å². The first-order valence-corrected chi connectivity index (χ1v) is 6.09. The summed E-state index contributed by atoms with van der Waals surface area (Å²) < 4.78 is 5.22. The van der Waals surface area contributed by atoms with Crippen LogP contribution in [0.2, 0.25) is 0 Å². The van der Waals surface area contributed by atoms with Gasteiger partial charge in [0.1, 0.15) is 0 Å². The number of carbonyl (C=O) groups is 1. The first-order valence-electron chi connectivity index (χ1n) is 6.09. The van der Waals surface area contributed by atoms with Crippen molar-refractivity contribution in [2.24, 2.45) is 0 Å². The van der Waals surface area contributed by atoms with E-state index in [9.17, 15) is 9.90 Å². The van der Waals surface area contributed by atoms with Gasteiger partial charge in [0.25, 0.3) is 0 Å². The van der Waals surface area contributed by atoms with Crippen LogP contribution in [-0.2, 0) is 9.53 Å². The standard InChI is InChI=1S/C12H26N2O3/c1-5-7-17-8-6-11(15)13-9-12(2,16)10-14(3)4/h16H,5-10H2,1-4H3,(H,13,15). The van der Waals surface area contributed by atoms with Gasteiger partial charge in [-0.25, -0.2) is 0 Å². The van der Waals surface area contributed by atoms with Crippen LogP contribution in [0.4, 0.5) is 0 Å². The Labute approximate surface area is 104 Å². The van der Waals surface area contributed by atoms with Gasteiger partial charge in [0.05, 0.1) is 12.2 Å². The second kappa shape index (κ2) is 8.44. The zero-order valence-electron chi connectivity index (χ0n) is 11.5. The molecule has 17 heavy (non-hydrogen) atoms. The first kappa shape index (κ1) is 16.4. The van der Waals surface area contributed by atoms with Crippen LogP contribution < -0.4 is 5.32 Å². The number of nitrogens with one attached hydrogen (secondary N) is 1. The normalized spacial score (nSPS) is 14.7. The van der Waals surface area contributed by atoms with Gasteiger partial charge in [0.2, 0.25) is 5.91 Å².